The fourth-order valence-electron chi connectivity index (χ4n) is 2.92. The minimum absolute atomic E-state index is 0. The molecule has 0 bridgehead atoms. The Kier molecular flexibility index (Phi) is 8.22. The lowest BCUT2D eigenvalue weighted by Crippen LogP contribution is -2.40. The molecule has 0 saturated heterocycles. The molecule has 0 radical (unpaired) electrons. The van der Waals surface area contributed by atoms with Crippen molar-refractivity contribution in [2.45, 2.75) is 24.0 Å². The topological polar surface area (TPSA) is 91.3 Å². The van der Waals surface area contributed by atoms with Crippen molar-refractivity contribution in [2.24, 2.45) is 0 Å². The SMILES string of the molecule is C[C@H](CNCC(O)c1ccc(F)cc1F)NS(=O)(=O)c1ccc2cnccc2c1.Cl. The van der Waals surface area contributed by atoms with E-state index in [0.717, 1.165) is 16.8 Å². The minimum Gasteiger partial charge on any atom is -0.387 e. The zero-order valence-corrected chi connectivity index (χ0v) is 17.7. The number of fused-ring (bicyclic) bond motifs is 1. The first-order valence-corrected chi connectivity index (χ1v) is 10.4. The summed E-state index contributed by atoms with van der Waals surface area (Å²) < 4.78 is 54.4. The highest BCUT2D eigenvalue weighted by molar-refractivity contribution is 7.89. The van der Waals surface area contributed by atoms with Crippen LogP contribution >= 0.6 is 12.4 Å². The molecule has 10 heteroatoms. The molecule has 0 amide bonds. The van der Waals surface area contributed by atoms with Crippen LogP contribution in [0.3, 0.4) is 0 Å². The number of halogens is 3. The van der Waals surface area contributed by atoms with Crippen molar-refractivity contribution in [3.8, 4) is 0 Å². The molecule has 162 valence electrons. The van der Waals surface area contributed by atoms with Gasteiger partial charge in [0.1, 0.15) is 11.6 Å². The van der Waals surface area contributed by atoms with Gasteiger partial charge in [0.25, 0.3) is 0 Å². The van der Waals surface area contributed by atoms with Gasteiger partial charge >= 0.3 is 0 Å². The molecule has 2 atom stereocenters. The fraction of sp³-hybridized carbons (Fsp3) is 0.250. The van der Waals surface area contributed by atoms with E-state index in [-0.39, 0.29) is 36.0 Å². The van der Waals surface area contributed by atoms with Gasteiger partial charge in [-0.05, 0) is 36.6 Å². The maximum Gasteiger partial charge on any atom is 0.240 e. The average molecular weight is 458 g/mol. The first-order valence-electron chi connectivity index (χ1n) is 8.96. The van der Waals surface area contributed by atoms with E-state index in [2.05, 4.69) is 15.0 Å². The first-order chi connectivity index (χ1) is 13.8. The van der Waals surface area contributed by atoms with Crippen molar-refractivity contribution >= 4 is 33.2 Å². The Balaban J connectivity index is 0.00000320. The van der Waals surface area contributed by atoms with E-state index in [1.807, 2.05) is 0 Å². The zero-order chi connectivity index (χ0) is 21.0. The molecule has 0 aliphatic carbocycles. The molecule has 0 fully saturated rings. The van der Waals surface area contributed by atoms with Crippen molar-refractivity contribution in [3.63, 3.8) is 0 Å². The van der Waals surface area contributed by atoms with Crippen molar-refractivity contribution < 1.29 is 22.3 Å². The predicted octanol–water partition coefficient (Wildman–Crippen LogP) is 2.92. The molecule has 0 aliphatic rings. The number of hydrogen-bond donors (Lipinski definition) is 3. The van der Waals surface area contributed by atoms with Crippen molar-refractivity contribution in [1.29, 1.82) is 0 Å². The molecule has 3 N–H and O–H groups in total. The van der Waals surface area contributed by atoms with E-state index in [1.54, 1.807) is 37.5 Å². The predicted molar refractivity (Wildman–Crippen MR) is 113 cm³/mol. The van der Waals surface area contributed by atoms with Gasteiger partial charge in [-0.1, -0.05) is 12.1 Å². The second-order valence-electron chi connectivity index (χ2n) is 6.75. The zero-order valence-electron chi connectivity index (χ0n) is 16.0. The highest BCUT2D eigenvalue weighted by Crippen LogP contribution is 2.19. The Hall–Kier alpha value is -2.17. The van der Waals surface area contributed by atoms with Crippen LogP contribution in [-0.2, 0) is 10.0 Å². The molecule has 1 aromatic heterocycles. The number of sulfonamides is 1. The maximum atomic E-state index is 13.7. The Bertz CT molecular complexity index is 1120. The van der Waals surface area contributed by atoms with Gasteiger partial charge in [0.05, 0.1) is 11.0 Å². The third kappa shape index (κ3) is 5.93. The summed E-state index contributed by atoms with van der Waals surface area (Å²) in [6, 6.07) is 8.96. The Morgan fingerprint density at radius 1 is 1.07 bits per heavy atom. The van der Waals surface area contributed by atoms with E-state index >= 15 is 0 Å². The molecule has 3 aromatic rings. The molecule has 2 aromatic carbocycles. The second kappa shape index (κ2) is 10.2. The van der Waals surface area contributed by atoms with E-state index < -0.39 is 33.8 Å². The lowest BCUT2D eigenvalue weighted by Gasteiger charge is -2.17. The van der Waals surface area contributed by atoms with E-state index in [1.165, 1.54) is 12.1 Å². The molecule has 0 spiro atoms. The molecule has 3 rings (SSSR count). The number of aliphatic hydroxyl groups is 1. The fourth-order valence-corrected chi connectivity index (χ4v) is 4.20. The van der Waals surface area contributed by atoms with E-state index in [0.29, 0.717) is 6.07 Å². The van der Waals surface area contributed by atoms with Gasteiger partial charge < -0.3 is 10.4 Å². The largest absolute Gasteiger partial charge is 0.387 e. The summed E-state index contributed by atoms with van der Waals surface area (Å²) >= 11 is 0. The first kappa shape index (κ1) is 24.1. The number of benzene rings is 2. The average Bonchev–Trinajstić information content (AvgIpc) is 2.67. The molecule has 0 aliphatic heterocycles. The number of pyridine rings is 1. The normalized spacial score (nSPS) is 13.6. The lowest BCUT2D eigenvalue weighted by molar-refractivity contribution is 0.169. The highest BCUT2D eigenvalue weighted by atomic mass is 35.5. The number of hydrogen-bond acceptors (Lipinski definition) is 5. The summed E-state index contributed by atoms with van der Waals surface area (Å²) in [6.45, 7) is 1.86. The van der Waals surface area contributed by atoms with E-state index in [9.17, 15) is 22.3 Å². The van der Waals surface area contributed by atoms with Gasteiger partial charge in [0.15, 0.2) is 0 Å². The van der Waals surface area contributed by atoms with Crippen LogP contribution in [0.5, 0.6) is 0 Å². The Labute approximate surface area is 179 Å². The smallest absolute Gasteiger partial charge is 0.240 e. The summed E-state index contributed by atoms with van der Waals surface area (Å²) in [5.74, 6) is -1.56. The number of aromatic nitrogens is 1. The van der Waals surface area contributed by atoms with Gasteiger partial charge in [-0.3, -0.25) is 4.98 Å². The Morgan fingerprint density at radius 2 is 1.83 bits per heavy atom. The number of nitrogens with one attached hydrogen (secondary N) is 2. The quantitative estimate of drug-likeness (QED) is 0.484. The molecular weight excluding hydrogens is 436 g/mol. The third-order valence-electron chi connectivity index (χ3n) is 4.39. The molecular formula is C20H22ClF2N3O3S. The number of nitrogens with zero attached hydrogens (tertiary/aromatic N) is 1. The van der Waals surface area contributed by atoms with Crippen LogP contribution in [-0.4, -0.2) is 37.6 Å². The lowest BCUT2D eigenvalue weighted by atomic mass is 10.1. The molecule has 0 saturated carbocycles. The Morgan fingerprint density at radius 3 is 2.57 bits per heavy atom. The minimum atomic E-state index is -3.74. The van der Waals surface area contributed by atoms with Crippen LogP contribution in [0.25, 0.3) is 10.8 Å². The molecule has 30 heavy (non-hydrogen) atoms. The van der Waals surface area contributed by atoms with Gasteiger partial charge in [0.2, 0.25) is 10.0 Å². The molecule has 6 nitrogen and oxygen atoms in total. The van der Waals surface area contributed by atoms with Gasteiger partial charge in [0, 0.05) is 48.5 Å². The van der Waals surface area contributed by atoms with Gasteiger partial charge in [-0.25, -0.2) is 21.9 Å². The van der Waals surface area contributed by atoms with Crippen LogP contribution in [0.2, 0.25) is 0 Å². The van der Waals surface area contributed by atoms with Crippen LogP contribution in [0, 0.1) is 11.6 Å². The number of aliphatic hydroxyl groups excluding tert-OH is 1. The van der Waals surface area contributed by atoms with Crippen LogP contribution in [0.1, 0.15) is 18.6 Å². The highest BCUT2D eigenvalue weighted by Gasteiger charge is 2.18. The summed E-state index contributed by atoms with van der Waals surface area (Å²) in [6.07, 6.45) is 2.06. The maximum absolute atomic E-state index is 13.7. The second-order valence-corrected chi connectivity index (χ2v) is 8.46. The molecule has 1 unspecified atom stereocenters. The summed E-state index contributed by atoms with van der Waals surface area (Å²) in [5.41, 5.74) is -0.0298. The van der Waals surface area contributed by atoms with Crippen LogP contribution in [0.4, 0.5) is 8.78 Å². The van der Waals surface area contributed by atoms with Gasteiger partial charge in [-0.2, -0.15) is 0 Å². The third-order valence-corrected chi connectivity index (χ3v) is 5.98. The number of rotatable bonds is 8. The van der Waals surface area contributed by atoms with Crippen LogP contribution in [0.15, 0.2) is 59.8 Å². The summed E-state index contributed by atoms with van der Waals surface area (Å²) in [4.78, 5) is 4.13. The van der Waals surface area contributed by atoms with Crippen molar-refractivity contribution in [2.75, 3.05) is 13.1 Å². The summed E-state index contributed by atoms with van der Waals surface area (Å²) in [5, 5.41) is 14.5. The monoisotopic (exact) mass is 457 g/mol. The standard InChI is InChI=1S/C20H21F2N3O3S.ClH/c1-13(10-24-12-20(26)18-5-3-16(21)9-19(18)22)25-29(27,28)17-4-2-15-11-23-7-6-14(15)8-17;/h2-9,11,13,20,24-26H,10,12H2,1H3;1H/t13-,20?;/m1./s1. The summed E-state index contributed by atoms with van der Waals surface area (Å²) in [7, 11) is -3.74. The van der Waals surface area contributed by atoms with Crippen LogP contribution < -0.4 is 10.0 Å². The van der Waals surface area contributed by atoms with Crippen molar-refractivity contribution in [3.05, 3.63) is 72.1 Å². The van der Waals surface area contributed by atoms with E-state index in [4.69, 9.17) is 0 Å². The van der Waals surface area contributed by atoms with Gasteiger partial charge in [-0.15, -0.1) is 12.4 Å². The molecule has 1 heterocycles. The van der Waals surface area contributed by atoms with Crippen molar-refractivity contribution in [1.82, 2.24) is 15.0 Å².